The maximum atomic E-state index is 11.8. The molecule has 0 aliphatic carbocycles. The summed E-state index contributed by atoms with van der Waals surface area (Å²) in [6, 6.07) is 3.40. The molecule has 1 unspecified atom stereocenters. The number of rotatable bonds is 6. The number of benzene rings is 1. The van der Waals surface area contributed by atoms with Crippen LogP contribution in [0.2, 0.25) is 0 Å². The molecule has 22 heavy (non-hydrogen) atoms. The van der Waals surface area contributed by atoms with Crippen molar-refractivity contribution in [2.24, 2.45) is 0 Å². The van der Waals surface area contributed by atoms with Gasteiger partial charge in [0.1, 0.15) is 4.90 Å². The maximum absolute atomic E-state index is 11.8. The Bertz CT molecular complexity index is 799. The normalized spacial score (nSPS) is 13.4. The number of carbonyl (C=O) groups excluding carboxylic acids is 1. The van der Waals surface area contributed by atoms with Gasteiger partial charge in [0, 0.05) is 17.5 Å². The number of nitrogen functional groups attached to an aromatic ring is 1. The summed E-state index contributed by atoms with van der Waals surface area (Å²) in [5.41, 5.74) is 5.41. The second-order valence-electron chi connectivity index (χ2n) is 4.55. The summed E-state index contributed by atoms with van der Waals surface area (Å²) in [6.07, 6.45) is -0.297. The van der Waals surface area contributed by atoms with E-state index in [0.717, 1.165) is 17.5 Å². The van der Waals surface area contributed by atoms with E-state index in [1.54, 1.807) is 0 Å². The molecule has 0 heterocycles. The number of amides is 1. The van der Waals surface area contributed by atoms with Crippen LogP contribution >= 0.6 is 0 Å². The topological polar surface area (TPSA) is 144 Å². The minimum atomic E-state index is -4.45. The van der Waals surface area contributed by atoms with E-state index < -0.39 is 36.0 Å². The van der Waals surface area contributed by atoms with Crippen molar-refractivity contribution < 1.29 is 26.2 Å². The van der Waals surface area contributed by atoms with Gasteiger partial charge >= 0.3 is 0 Å². The van der Waals surface area contributed by atoms with Crippen molar-refractivity contribution in [2.45, 2.75) is 23.5 Å². The number of hydrogen-bond acceptors (Lipinski definition) is 6. The lowest BCUT2D eigenvalue weighted by Gasteiger charge is -2.11. The van der Waals surface area contributed by atoms with E-state index in [1.165, 1.54) is 13.0 Å². The van der Waals surface area contributed by atoms with Crippen LogP contribution in [0.3, 0.4) is 0 Å². The SMILES string of the molecule is C=CS(=O)(=O)C(C)CC(=O)Nc1ccc(S(=O)(=O)O)c(N)c1. The molecule has 1 aromatic carbocycles. The zero-order valence-corrected chi connectivity index (χ0v) is 13.3. The van der Waals surface area contributed by atoms with Gasteiger partial charge in [0.05, 0.1) is 10.9 Å². The van der Waals surface area contributed by atoms with Crippen LogP contribution in [0, 0.1) is 0 Å². The molecule has 1 amide bonds. The number of sulfone groups is 1. The number of hydrogen-bond donors (Lipinski definition) is 3. The fraction of sp³-hybridized carbons (Fsp3) is 0.250. The molecule has 0 bridgehead atoms. The molecule has 8 nitrogen and oxygen atoms in total. The average molecular weight is 348 g/mol. The molecule has 10 heteroatoms. The third-order valence-electron chi connectivity index (χ3n) is 2.84. The molecule has 0 spiro atoms. The van der Waals surface area contributed by atoms with Gasteiger partial charge in [-0.3, -0.25) is 9.35 Å². The van der Waals surface area contributed by atoms with Crippen LogP contribution in [0.5, 0.6) is 0 Å². The van der Waals surface area contributed by atoms with Crippen LogP contribution in [0.1, 0.15) is 13.3 Å². The van der Waals surface area contributed by atoms with E-state index in [-0.39, 0.29) is 17.8 Å². The summed E-state index contributed by atoms with van der Waals surface area (Å²) < 4.78 is 53.9. The Morgan fingerprint density at radius 2 is 2.00 bits per heavy atom. The molecular formula is C12H16N2O6S2. The van der Waals surface area contributed by atoms with Crippen molar-refractivity contribution in [2.75, 3.05) is 11.1 Å². The lowest BCUT2D eigenvalue weighted by molar-refractivity contribution is -0.116. The lowest BCUT2D eigenvalue weighted by Crippen LogP contribution is -2.23. The van der Waals surface area contributed by atoms with Gasteiger partial charge in [0.2, 0.25) is 5.91 Å². The standard InChI is InChI=1S/C12H16N2O6S2/c1-3-21(16,17)8(2)6-12(15)14-9-4-5-11(10(13)7-9)22(18,19)20/h3-5,7-8H,1,6,13H2,2H3,(H,14,15)(H,18,19,20). The highest BCUT2D eigenvalue weighted by Crippen LogP contribution is 2.22. The third-order valence-corrected chi connectivity index (χ3v) is 5.52. The molecule has 0 aliphatic rings. The first kappa shape index (κ1) is 18.1. The molecule has 0 radical (unpaired) electrons. The average Bonchev–Trinajstić information content (AvgIpc) is 2.36. The Morgan fingerprint density at radius 3 is 2.45 bits per heavy atom. The number of nitrogens with one attached hydrogen (secondary N) is 1. The first-order chi connectivity index (χ1) is 9.97. The van der Waals surface area contributed by atoms with Gasteiger partial charge in [-0.05, 0) is 25.1 Å². The minimum absolute atomic E-state index is 0.179. The highest BCUT2D eigenvalue weighted by Gasteiger charge is 2.21. The molecule has 122 valence electrons. The molecular weight excluding hydrogens is 332 g/mol. The second-order valence-corrected chi connectivity index (χ2v) is 8.25. The predicted octanol–water partition coefficient (Wildman–Crippen LogP) is 0.791. The van der Waals surface area contributed by atoms with Gasteiger partial charge in [-0.25, -0.2) is 8.42 Å². The molecule has 0 aliphatic heterocycles. The smallest absolute Gasteiger partial charge is 0.296 e. The van der Waals surface area contributed by atoms with Crippen molar-refractivity contribution in [1.29, 1.82) is 0 Å². The highest BCUT2D eigenvalue weighted by molar-refractivity contribution is 7.94. The van der Waals surface area contributed by atoms with Gasteiger partial charge in [-0.2, -0.15) is 8.42 Å². The first-order valence-corrected chi connectivity index (χ1v) is 9.05. The highest BCUT2D eigenvalue weighted by atomic mass is 32.2. The van der Waals surface area contributed by atoms with Crippen LogP contribution in [0.25, 0.3) is 0 Å². The van der Waals surface area contributed by atoms with Gasteiger partial charge in [0.15, 0.2) is 9.84 Å². The zero-order valence-electron chi connectivity index (χ0n) is 11.7. The van der Waals surface area contributed by atoms with Gasteiger partial charge < -0.3 is 11.1 Å². The second kappa shape index (κ2) is 6.46. The Balaban J connectivity index is 2.87. The molecule has 0 saturated heterocycles. The van der Waals surface area contributed by atoms with Crippen LogP contribution in [0.4, 0.5) is 11.4 Å². The van der Waals surface area contributed by atoms with E-state index in [0.29, 0.717) is 0 Å². The fourth-order valence-corrected chi connectivity index (χ4v) is 2.92. The minimum Gasteiger partial charge on any atom is -0.398 e. The van der Waals surface area contributed by atoms with E-state index in [4.69, 9.17) is 10.3 Å². The molecule has 1 rings (SSSR count). The summed E-state index contributed by atoms with van der Waals surface area (Å²) in [4.78, 5) is 11.3. The van der Waals surface area contributed by atoms with Gasteiger partial charge in [-0.15, -0.1) is 0 Å². The van der Waals surface area contributed by atoms with Crippen LogP contribution in [-0.2, 0) is 24.7 Å². The number of anilines is 2. The predicted molar refractivity (Wildman–Crippen MR) is 82.5 cm³/mol. The van der Waals surface area contributed by atoms with E-state index in [2.05, 4.69) is 11.9 Å². The molecule has 0 aromatic heterocycles. The Morgan fingerprint density at radius 1 is 1.41 bits per heavy atom. The zero-order chi connectivity index (χ0) is 17.1. The van der Waals surface area contributed by atoms with Crippen LogP contribution in [0.15, 0.2) is 35.1 Å². The van der Waals surface area contributed by atoms with Crippen molar-refractivity contribution in [3.05, 3.63) is 30.2 Å². The molecule has 0 saturated carbocycles. The number of nitrogens with two attached hydrogens (primary N) is 1. The molecule has 0 fully saturated rings. The summed E-state index contributed by atoms with van der Waals surface area (Å²) in [7, 11) is -8.00. The fourth-order valence-electron chi connectivity index (χ4n) is 1.61. The Labute approximate surface area is 128 Å². The lowest BCUT2D eigenvalue weighted by atomic mass is 10.2. The summed E-state index contributed by atoms with van der Waals surface area (Å²) in [5.74, 6) is -0.586. The Kier molecular flexibility index (Phi) is 5.33. The van der Waals surface area contributed by atoms with Crippen molar-refractivity contribution in [3.63, 3.8) is 0 Å². The van der Waals surface area contributed by atoms with Crippen LogP contribution < -0.4 is 11.1 Å². The van der Waals surface area contributed by atoms with Crippen molar-refractivity contribution in [3.8, 4) is 0 Å². The summed E-state index contributed by atoms with van der Waals surface area (Å²) in [5, 5.41) is 2.23. The van der Waals surface area contributed by atoms with Crippen molar-refractivity contribution in [1.82, 2.24) is 0 Å². The molecule has 4 N–H and O–H groups in total. The molecule has 1 aromatic rings. The Hall–Kier alpha value is -1.91. The summed E-state index contributed by atoms with van der Waals surface area (Å²) in [6.45, 7) is 4.54. The van der Waals surface area contributed by atoms with Gasteiger partial charge in [0.25, 0.3) is 10.1 Å². The number of carbonyl (C=O) groups is 1. The molecule has 1 atom stereocenters. The monoisotopic (exact) mass is 348 g/mol. The van der Waals surface area contributed by atoms with E-state index >= 15 is 0 Å². The first-order valence-electron chi connectivity index (χ1n) is 6.00. The third kappa shape index (κ3) is 4.55. The van der Waals surface area contributed by atoms with Crippen molar-refractivity contribution >= 4 is 37.2 Å². The van der Waals surface area contributed by atoms with E-state index in [9.17, 15) is 21.6 Å². The largest absolute Gasteiger partial charge is 0.398 e. The quantitative estimate of drug-likeness (QED) is 0.509. The summed E-state index contributed by atoms with van der Waals surface area (Å²) >= 11 is 0. The van der Waals surface area contributed by atoms with E-state index in [1.807, 2.05) is 0 Å². The maximum Gasteiger partial charge on any atom is 0.296 e. The van der Waals surface area contributed by atoms with Crippen LogP contribution in [-0.4, -0.2) is 32.5 Å². The van der Waals surface area contributed by atoms with Gasteiger partial charge in [-0.1, -0.05) is 6.58 Å².